The third kappa shape index (κ3) is 4.52. The van der Waals surface area contributed by atoms with E-state index in [1.165, 1.54) is 4.90 Å². The van der Waals surface area contributed by atoms with E-state index in [2.05, 4.69) is 10.1 Å². The van der Waals surface area contributed by atoms with Crippen LogP contribution in [-0.4, -0.2) is 38.1 Å². The summed E-state index contributed by atoms with van der Waals surface area (Å²) in [5, 5.41) is 9.96. The second kappa shape index (κ2) is 7.49. The molecule has 148 valence electrons. The maximum absolute atomic E-state index is 13.0. The summed E-state index contributed by atoms with van der Waals surface area (Å²) in [4.78, 5) is 13.1. The van der Waals surface area contributed by atoms with Crippen molar-refractivity contribution in [2.75, 3.05) is 25.1 Å². The summed E-state index contributed by atoms with van der Waals surface area (Å²) in [6, 6.07) is 3.74. The molecular formula is C16H15F6N3O2. The highest BCUT2D eigenvalue weighted by atomic mass is 19.4. The predicted octanol–water partition coefficient (Wildman–Crippen LogP) is 3.47. The highest BCUT2D eigenvalue weighted by molar-refractivity contribution is 6.21. The normalized spacial score (nSPS) is 17.2. The molecule has 0 aromatic heterocycles. The second-order valence-corrected chi connectivity index (χ2v) is 5.56. The number of esters is 1. The largest absolute Gasteiger partial charge is 0.465 e. The minimum atomic E-state index is -5.11. The van der Waals surface area contributed by atoms with Crippen molar-refractivity contribution >= 4 is 17.4 Å². The van der Waals surface area contributed by atoms with Crippen LogP contribution in [0.15, 0.2) is 35.7 Å². The van der Waals surface area contributed by atoms with Gasteiger partial charge in [0.25, 0.3) is 0 Å². The molecule has 1 fully saturated rings. The van der Waals surface area contributed by atoms with Gasteiger partial charge in [-0.25, -0.2) is 4.79 Å². The molecule has 0 saturated carbocycles. The van der Waals surface area contributed by atoms with Crippen LogP contribution in [0.2, 0.25) is 0 Å². The number of ether oxygens (including phenoxy) is 1. The van der Waals surface area contributed by atoms with Crippen molar-refractivity contribution in [2.45, 2.75) is 18.8 Å². The lowest BCUT2D eigenvalue weighted by Gasteiger charge is -2.34. The molecule has 0 radical (unpaired) electrons. The summed E-state index contributed by atoms with van der Waals surface area (Å²) < 4.78 is 81.6. The molecule has 0 atom stereocenters. The average Bonchev–Trinajstić information content (AvgIpc) is 2.60. The number of carbonyl (C=O) groups is 1. The average molecular weight is 395 g/mol. The van der Waals surface area contributed by atoms with Gasteiger partial charge in [-0.2, -0.15) is 26.3 Å². The van der Waals surface area contributed by atoms with Gasteiger partial charge >= 0.3 is 18.3 Å². The van der Waals surface area contributed by atoms with Crippen molar-refractivity contribution < 1.29 is 35.9 Å². The standard InChI is InChI=1S/C16H15F6N3O2/c1-27-14(26)11(12(23)16(20,21)22)13-24-7-2-8-25(13)10-5-3-9(4-6-10)15(17,18)19/h3-6,23-24H,2,7-8H2,1H3/b13-11-,23-12?. The van der Waals surface area contributed by atoms with Gasteiger partial charge in [0.15, 0.2) is 5.71 Å². The zero-order valence-electron chi connectivity index (χ0n) is 14.0. The molecule has 0 amide bonds. The number of benzene rings is 1. The van der Waals surface area contributed by atoms with Crippen LogP contribution in [0.3, 0.4) is 0 Å². The van der Waals surface area contributed by atoms with Gasteiger partial charge in [0.2, 0.25) is 0 Å². The van der Waals surface area contributed by atoms with Gasteiger partial charge in [0.05, 0.1) is 12.7 Å². The molecule has 2 N–H and O–H groups in total. The van der Waals surface area contributed by atoms with Gasteiger partial charge in [-0.05, 0) is 30.7 Å². The van der Waals surface area contributed by atoms with Gasteiger partial charge in [-0.1, -0.05) is 0 Å². The predicted molar refractivity (Wildman–Crippen MR) is 84.2 cm³/mol. The van der Waals surface area contributed by atoms with Gasteiger partial charge in [0.1, 0.15) is 11.4 Å². The maximum Gasteiger partial charge on any atom is 0.433 e. The maximum atomic E-state index is 13.0. The van der Waals surface area contributed by atoms with Crippen molar-refractivity contribution in [2.24, 2.45) is 0 Å². The van der Waals surface area contributed by atoms with Gasteiger partial charge < -0.3 is 15.0 Å². The molecule has 1 heterocycles. The Bertz CT molecular complexity index is 753. The van der Waals surface area contributed by atoms with Gasteiger partial charge in [-0.15, -0.1) is 0 Å². The molecule has 1 aromatic rings. The summed E-state index contributed by atoms with van der Waals surface area (Å²) in [6.07, 6.45) is -9.22. The van der Waals surface area contributed by atoms with Crippen LogP contribution in [0, 0.1) is 5.41 Å². The number of alkyl halides is 6. The van der Waals surface area contributed by atoms with E-state index < -0.39 is 35.2 Å². The third-order valence-corrected chi connectivity index (χ3v) is 3.79. The van der Waals surface area contributed by atoms with Crippen LogP contribution in [0.5, 0.6) is 0 Å². The van der Waals surface area contributed by atoms with Gasteiger partial charge in [0, 0.05) is 18.8 Å². The van der Waals surface area contributed by atoms with Crippen LogP contribution in [-0.2, 0) is 15.7 Å². The van der Waals surface area contributed by atoms with E-state index in [4.69, 9.17) is 5.41 Å². The Hall–Kier alpha value is -2.72. The number of nitrogens with one attached hydrogen (secondary N) is 2. The van der Waals surface area contributed by atoms with Crippen LogP contribution < -0.4 is 10.2 Å². The monoisotopic (exact) mass is 395 g/mol. The molecule has 1 saturated heterocycles. The molecule has 2 rings (SSSR count). The zero-order valence-corrected chi connectivity index (χ0v) is 14.0. The smallest absolute Gasteiger partial charge is 0.433 e. The van der Waals surface area contributed by atoms with E-state index in [1.54, 1.807) is 0 Å². The Morgan fingerprint density at radius 2 is 1.74 bits per heavy atom. The molecule has 27 heavy (non-hydrogen) atoms. The minimum Gasteiger partial charge on any atom is -0.465 e. The quantitative estimate of drug-likeness (QED) is 0.356. The van der Waals surface area contributed by atoms with Crippen LogP contribution in [0.1, 0.15) is 12.0 Å². The molecule has 1 aliphatic rings. The highest BCUT2D eigenvalue weighted by Gasteiger charge is 2.42. The van der Waals surface area contributed by atoms with Crippen LogP contribution >= 0.6 is 0 Å². The van der Waals surface area contributed by atoms with Crippen LogP contribution in [0.4, 0.5) is 32.0 Å². The van der Waals surface area contributed by atoms with E-state index in [1.807, 2.05) is 0 Å². The molecule has 1 aliphatic heterocycles. The van der Waals surface area contributed by atoms with E-state index in [9.17, 15) is 31.1 Å². The number of halogens is 6. The highest BCUT2D eigenvalue weighted by Crippen LogP contribution is 2.32. The molecule has 0 bridgehead atoms. The zero-order chi connectivity index (χ0) is 20.4. The Morgan fingerprint density at radius 1 is 1.15 bits per heavy atom. The fourth-order valence-corrected chi connectivity index (χ4v) is 2.52. The van der Waals surface area contributed by atoms with Gasteiger partial charge in [-0.3, -0.25) is 5.41 Å². The number of carbonyl (C=O) groups excluding carboxylic acids is 1. The topological polar surface area (TPSA) is 65.4 Å². The fraction of sp³-hybridized carbons (Fsp3) is 0.375. The summed E-state index contributed by atoms with van der Waals surface area (Å²) in [7, 11) is 0.873. The first-order chi connectivity index (χ1) is 12.5. The molecule has 0 aliphatic carbocycles. The number of hydrogen-bond acceptors (Lipinski definition) is 5. The first-order valence-electron chi connectivity index (χ1n) is 7.64. The van der Waals surface area contributed by atoms with Crippen molar-refractivity contribution in [3.63, 3.8) is 0 Å². The Morgan fingerprint density at radius 3 is 2.22 bits per heavy atom. The molecule has 11 heteroatoms. The van der Waals surface area contributed by atoms with Crippen molar-refractivity contribution in [3.8, 4) is 0 Å². The number of rotatable bonds is 3. The summed E-state index contributed by atoms with van der Waals surface area (Å²) in [5.74, 6) is -1.71. The van der Waals surface area contributed by atoms with Crippen molar-refractivity contribution in [3.05, 3.63) is 41.2 Å². The SMILES string of the molecule is COC(=O)/C(C(=N)C(F)(F)F)=C1/NCCCN1c1ccc(C(F)(F)F)cc1. The number of methoxy groups -OCH3 is 1. The van der Waals surface area contributed by atoms with Crippen molar-refractivity contribution in [1.82, 2.24) is 5.32 Å². The number of hydrogen-bond donors (Lipinski definition) is 2. The summed E-state index contributed by atoms with van der Waals surface area (Å²) in [5.41, 5.74) is -3.72. The number of anilines is 1. The Labute approximate surface area is 150 Å². The first kappa shape index (κ1) is 20.6. The van der Waals surface area contributed by atoms with E-state index in [-0.39, 0.29) is 24.6 Å². The molecular weight excluding hydrogens is 380 g/mol. The lowest BCUT2D eigenvalue weighted by molar-refractivity contribution is -0.137. The summed E-state index contributed by atoms with van der Waals surface area (Å²) >= 11 is 0. The molecule has 1 aromatic carbocycles. The minimum absolute atomic E-state index is 0.138. The van der Waals surface area contributed by atoms with Crippen LogP contribution in [0.25, 0.3) is 0 Å². The second-order valence-electron chi connectivity index (χ2n) is 5.56. The molecule has 5 nitrogen and oxygen atoms in total. The van der Waals surface area contributed by atoms with E-state index in [0.717, 1.165) is 31.4 Å². The fourth-order valence-electron chi connectivity index (χ4n) is 2.52. The molecule has 0 spiro atoms. The lowest BCUT2D eigenvalue weighted by atomic mass is 10.1. The molecule has 0 unspecified atom stereocenters. The summed E-state index contributed by atoms with van der Waals surface area (Å²) in [6.45, 7) is 0.359. The Kier molecular flexibility index (Phi) is 5.71. The van der Waals surface area contributed by atoms with E-state index in [0.29, 0.717) is 6.42 Å². The Balaban J connectivity index is 2.54. The van der Waals surface area contributed by atoms with E-state index >= 15 is 0 Å². The first-order valence-corrected chi connectivity index (χ1v) is 7.64. The lowest BCUT2D eigenvalue weighted by Crippen LogP contribution is -2.44. The number of nitrogens with zero attached hydrogens (tertiary/aromatic N) is 1. The van der Waals surface area contributed by atoms with Crippen molar-refractivity contribution in [1.29, 1.82) is 5.41 Å². The third-order valence-electron chi connectivity index (χ3n) is 3.79.